The van der Waals surface area contributed by atoms with Crippen molar-refractivity contribution >= 4 is 45.6 Å². The number of nitrogens with one attached hydrogen (secondary N) is 1. The van der Waals surface area contributed by atoms with Crippen molar-refractivity contribution in [3.8, 4) is 5.75 Å². The molecule has 5 nitrogen and oxygen atoms in total. The second kappa shape index (κ2) is 7.06. The van der Waals surface area contributed by atoms with Crippen LogP contribution < -0.4 is 10.1 Å². The normalized spacial score (nSPS) is 12.0. The molecule has 21 heavy (non-hydrogen) atoms. The van der Waals surface area contributed by atoms with Gasteiger partial charge in [-0.25, -0.2) is 0 Å². The molecule has 0 saturated heterocycles. The number of hydrogen-bond acceptors (Lipinski definition) is 5. The van der Waals surface area contributed by atoms with Gasteiger partial charge in [0, 0.05) is 5.02 Å². The summed E-state index contributed by atoms with van der Waals surface area (Å²) in [5, 5.41) is 12.6. The quantitative estimate of drug-likeness (QED) is 0.894. The number of halogens is 2. The molecule has 0 fully saturated rings. The number of carbonyl (C=O) groups is 1. The largest absolute Gasteiger partial charge is 0.479 e. The zero-order chi connectivity index (χ0) is 15.4. The van der Waals surface area contributed by atoms with Gasteiger partial charge in [-0.3, -0.25) is 10.1 Å². The van der Waals surface area contributed by atoms with Gasteiger partial charge in [-0.05, 0) is 31.5 Å². The molecule has 0 spiro atoms. The minimum atomic E-state index is -0.724. The lowest BCUT2D eigenvalue weighted by Crippen LogP contribution is -2.30. The van der Waals surface area contributed by atoms with E-state index in [1.165, 1.54) is 11.3 Å². The van der Waals surface area contributed by atoms with E-state index in [1.807, 2.05) is 6.92 Å². The van der Waals surface area contributed by atoms with Crippen molar-refractivity contribution in [2.75, 3.05) is 5.32 Å². The second-order valence-corrected chi connectivity index (χ2v) is 6.08. The van der Waals surface area contributed by atoms with Crippen LogP contribution in [0.3, 0.4) is 0 Å². The number of aryl methyl sites for hydroxylation is 1. The first-order valence-corrected chi connectivity index (χ1v) is 7.81. The van der Waals surface area contributed by atoms with Gasteiger partial charge in [0.15, 0.2) is 6.10 Å². The maximum Gasteiger partial charge on any atom is 0.266 e. The fourth-order valence-electron chi connectivity index (χ4n) is 1.47. The van der Waals surface area contributed by atoms with E-state index < -0.39 is 6.10 Å². The summed E-state index contributed by atoms with van der Waals surface area (Å²) in [7, 11) is 0. The molecular formula is C13H13Cl2N3O2S. The molecule has 8 heteroatoms. The SMILES string of the molecule is CCc1nnc(NC(=O)[C@H](C)Oc2ccc(Cl)cc2Cl)s1. The van der Waals surface area contributed by atoms with E-state index in [0.717, 1.165) is 11.4 Å². The topological polar surface area (TPSA) is 64.1 Å². The molecule has 0 aliphatic heterocycles. The first-order chi connectivity index (χ1) is 9.99. The minimum absolute atomic E-state index is 0.320. The maximum atomic E-state index is 12.0. The van der Waals surface area contributed by atoms with Crippen LogP contribution in [-0.2, 0) is 11.2 Å². The van der Waals surface area contributed by atoms with Gasteiger partial charge < -0.3 is 4.74 Å². The number of rotatable bonds is 5. The Balaban J connectivity index is 1.98. The highest BCUT2D eigenvalue weighted by Crippen LogP contribution is 2.28. The molecule has 0 aliphatic rings. The van der Waals surface area contributed by atoms with Crippen LogP contribution in [-0.4, -0.2) is 22.2 Å². The molecule has 0 radical (unpaired) electrons. The predicted octanol–water partition coefficient (Wildman–Crippen LogP) is 3.81. The Morgan fingerprint density at radius 2 is 2.19 bits per heavy atom. The van der Waals surface area contributed by atoms with E-state index in [1.54, 1.807) is 25.1 Å². The van der Waals surface area contributed by atoms with E-state index >= 15 is 0 Å². The van der Waals surface area contributed by atoms with Crippen molar-refractivity contribution < 1.29 is 9.53 Å². The third-order valence-electron chi connectivity index (χ3n) is 2.57. The van der Waals surface area contributed by atoms with Gasteiger partial charge in [0.1, 0.15) is 10.8 Å². The van der Waals surface area contributed by atoms with Crippen LogP contribution in [0.1, 0.15) is 18.9 Å². The summed E-state index contributed by atoms with van der Waals surface area (Å²) in [6.45, 7) is 3.60. The zero-order valence-corrected chi connectivity index (χ0v) is 13.7. The average Bonchev–Trinajstić information content (AvgIpc) is 2.89. The van der Waals surface area contributed by atoms with E-state index in [0.29, 0.717) is 20.9 Å². The minimum Gasteiger partial charge on any atom is -0.479 e. The van der Waals surface area contributed by atoms with Crippen LogP contribution in [0.4, 0.5) is 5.13 Å². The molecular weight excluding hydrogens is 333 g/mol. The number of aromatic nitrogens is 2. The van der Waals surface area contributed by atoms with Crippen LogP contribution in [0.25, 0.3) is 0 Å². The summed E-state index contributed by atoms with van der Waals surface area (Å²) in [6.07, 6.45) is 0.0534. The monoisotopic (exact) mass is 345 g/mol. The van der Waals surface area contributed by atoms with E-state index in [2.05, 4.69) is 15.5 Å². The standard InChI is InChI=1S/C13H13Cl2N3O2S/c1-3-11-17-18-13(21-11)16-12(19)7(2)20-10-5-4-8(14)6-9(10)15/h4-7H,3H2,1-2H3,(H,16,18,19)/t7-/m0/s1. The first kappa shape index (κ1) is 16.0. The smallest absolute Gasteiger partial charge is 0.266 e. The van der Waals surface area contributed by atoms with Crippen molar-refractivity contribution in [2.45, 2.75) is 26.4 Å². The van der Waals surface area contributed by atoms with Crippen LogP contribution in [0.5, 0.6) is 5.75 Å². The predicted molar refractivity (Wildman–Crippen MR) is 84.5 cm³/mol. The van der Waals surface area contributed by atoms with Crippen LogP contribution in [0, 0.1) is 0 Å². The van der Waals surface area contributed by atoms with Crippen molar-refractivity contribution in [3.05, 3.63) is 33.3 Å². The van der Waals surface area contributed by atoms with Gasteiger partial charge in [-0.15, -0.1) is 10.2 Å². The van der Waals surface area contributed by atoms with Crippen molar-refractivity contribution in [2.24, 2.45) is 0 Å². The Kier molecular flexibility index (Phi) is 5.39. The lowest BCUT2D eigenvalue weighted by atomic mass is 10.3. The number of benzene rings is 1. The number of anilines is 1. The highest BCUT2D eigenvalue weighted by atomic mass is 35.5. The zero-order valence-electron chi connectivity index (χ0n) is 11.4. The van der Waals surface area contributed by atoms with Crippen LogP contribution in [0.2, 0.25) is 10.0 Å². The maximum absolute atomic E-state index is 12.0. The summed E-state index contributed by atoms with van der Waals surface area (Å²) < 4.78 is 5.52. The summed E-state index contributed by atoms with van der Waals surface area (Å²) in [5.41, 5.74) is 0. The van der Waals surface area contributed by atoms with E-state index in [-0.39, 0.29) is 5.91 Å². The van der Waals surface area contributed by atoms with Gasteiger partial charge in [0.05, 0.1) is 5.02 Å². The molecule has 0 saturated carbocycles. The fourth-order valence-corrected chi connectivity index (χ4v) is 2.60. The van der Waals surface area contributed by atoms with E-state index in [9.17, 15) is 4.79 Å². The molecule has 1 N–H and O–H groups in total. The highest BCUT2D eigenvalue weighted by Gasteiger charge is 2.18. The molecule has 1 aromatic carbocycles. The fraction of sp³-hybridized carbons (Fsp3) is 0.308. The molecule has 1 amide bonds. The van der Waals surface area contributed by atoms with Crippen LogP contribution >= 0.6 is 34.5 Å². The van der Waals surface area contributed by atoms with Crippen molar-refractivity contribution in [1.82, 2.24) is 10.2 Å². The number of ether oxygens (including phenoxy) is 1. The second-order valence-electron chi connectivity index (χ2n) is 4.18. The third kappa shape index (κ3) is 4.30. The van der Waals surface area contributed by atoms with E-state index in [4.69, 9.17) is 27.9 Å². The van der Waals surface area contributed by atoms with Crippen LogP contribution in [0.15, 0.2) is 18.2 Å². The summed E-state index contributed by atoms with van der Waals surface area (Å²) in [6, 6.07) is 4.82. The number of amides is 1. The van der Waals surface area contributed by atoms with Crippen molar-refractivity contribution in [1.29, 1.82) is 0 Å². The Morgan fingerprint density at radius 3 is 2.81 bits per heavy atom. The molecule has 0 bridgehead atoms. The Labute approximate surface area is 136 Å². The van der Waals surface area contributed by atoms with Gasteiger partial charge in [-0.1, -0.05) is 41.5 Å². The Bertz CT molecular complexity index is 648. The molecule has 0 aliphatic carbocycles. The molecule has 2 rings (SSSR count). The third-order valence-corrected chi connectivity index (χ3v) is 4.08. The van der Waals surface area contributed by atoms with Gasteiger partial charge in [0.25, 0.3) is 5.91 Å². The van der Waals surface area contributed by atoms with Crippen molar-refractivity contribution in [3.63, 3.8) is 0 Å². The number of hydrogen-bond donors (Lipinski definition) is 1. The van der Waals surface area contributed by atoms with Gasteiger partial charge in [-0.2, -0.15) is 0 Å². The molecule has 2 aromatic rings. The summed E-state index contributed by atoms with van der Waals surface area (Å²) in [5.74, 6) is 0.0787. The molecule has 112 valence electrons. The van der Waals surface area contributed by atoms with Gasteiger partial charge >= 0.3 is 0 Å². The molecule has 1 aromatic heterocycles. The molecule has 0 unspecified atom stereocenters. The first-order valence-electron chi connectivity index (χ1n) is 6.24. The van der Waals surface area contributed by atoms with Gasteiger partial charge in [0.2, 0.25) is 5.13 Å². The lowest BCUT2D eigenvalue weighted by molar-refractivity contribution is -0.122. The number of nitrogens with zero attached hydrogens (tertiary/aromatic N) is 2. The average molecular weight is 346 g/mol. The Morgan fingerprint density at radius 1 is 1.43 bits per heavy atom. The summed E-state index contributed by atoms with van der Waals surface area (Å²) >= 11 is 13.1. The summed E-state index contributed by atoms with van der Waals surface area (Å²) in [4.78, 5) is 12.0. The molecule has 1 heterocycles. The Hall–Kier alpha value is -1.37. The molecule has 1 atom stereocenters. The number of carbonyl (C=O) groups excluding carboxylic acids is 1. The lowest BCUT2D eigenvalue weighted by Gasteiger charge is -2.14. The highest BCUT2D eigenvalue weighted by molar-refractivity contribution is 7.15.